The van der Waals surface area contributed by atoms with Crippen LogP contribution >= 0.6 is 0 Å². The van der Waals surface area contributed by atoms with Crippen molar-refractivity contribution in [3.05, 3.63) is 102 Å². The molecule has 5 aliphatic rings. The predicted molar refractivity (Wildman–Crippen MR) is 362 cm³/mol. The number of H-pyrrole nitrogens is 1. The first-order chi connectivity index (χ1) is 44.6. The van der Waals surface area contributed by atoms with Gasteiger partial charge in [-0.2, -0.15) is 29.4 Å². The van der Waals surface area contributed by atoms with Crippen LogP contribution in [-0.4, -0.2) is 172 Å². The summed E-state index contributed by atoms with van der Waals surface area (Å²) in [5.74, 6) is 12.9. The third-order valence-corrected chi connectivity index (χ3v) is 21.1. The topological polar surface area (TPSA) is 315 Å². The molecule has 488 valence electrons. The number of hydrogen-bond donors (Lipinski definition) is 5. The van der Waals surface area contributed by atoms with Crippen LogP contribution in [0.3, 0.4) is 0 Å². The highest BCUT2D eigenvalue weighted by Crippen LogP contribution is 2.51. The quantitative estimate of drug-likeness (QED) is 0.0165. The first kappa shape index (κ1) is 67.3. The summed E-state index contributed by atoms with van der Waals surface area (Å²) in [6, 6.07) is 9.73. The number of fused-ring (bicyclic) bond motifs is 6. The largest absolute Gasteiger partial charge is 0.477 e. The average Bonchev–Trinajstić information content (AvgIpc) is 1.71. The van der Waals surface area contributed by atoms with E-state index in [2.05, 4.69) is 122 Å². The minimum atomic E-state index is -1.26. The Morgan fingerprint density at radius 2 is 1.26 bits per heavy atom. The molecule has 7 aromatic rings. The van der Waals surface area contributed by atoms with Crippen molar-refractivity contribution in [2.75, 3.05) is 50.5 Å². The minimum absolute atomic E-state index is 0.0107. The molecule has 2 saturated carbocycles. The first-order valence-electron chi connectivity index (χ1n) is 31.9. The number of carboxylic acid groups (broad SMARTS) is 1. The fourth-order valence-corrected chi connectivity index (χ4v) is 14.7. The average molecular weight is 1300 g/mol. The molecule has 4 fully saturated rings. The second-order valence-corrected chi connectivity index (χ2v) is 38.3. The Morgan fingerprint density at radius 3 is 1.71 bits per heavy atom. The Balaban J connectivity index is 0.000000184. The minimum Gasteiger partial charge on any atom is -0.477 e. The number of nitrogens with two attached hydrogens (primary N) is 1. The summed E-state index contributed by atoms with van der Waals surface area (Å²) in [5.41, 5.74) is 16.7. The van der Waals surface area contributed by atoms with Crippen molar-refractivity contribution in [3.63, 3.8) is 0 Å². The number of nitrogen functional groups attached to an aromatic ring is 1. The number of carbonyl (C=O) groups is 3. The molecule has 6 N–H and O–H groups in total. The number of aromatic nitrogens is 11. The highest BCUT2D eigenvalue weighted by Gasteiger charge is 2.46. The first-order valence-corrected chi connectivity index (χ1v) is 39.3. The van der Waals surface area contributed by atoms with Crippen molar-refractivity contribution in [3.8, 4) is 45.9 Å². The molecule has 2 unspecified atom stereocenters. The number of hydrogen-bond acceptors (Lipinski definition) is 19. The van der Waals surface area contributed by atoms with Crippen LogP contribution in [0.1, 0.15) is 139 Å². The van der Waals surface area contributed by atoms with Crippen molar-refractivity contribution >= 4 is 74.2 Å². The molecule has 2 saturated heterocycles. The molecular formula is C67H84N16O8Si2. The van der Waals surface area contributed by atoms with E-state index in [1.165, 1.54) is 56.1 Å². The van der Waals surface area contributed by atoms with E-state index in [1.807, 2.05) is 40.0 Å². The standard InChI is InChI=1S/C37H55N5O3Si2.C26H25N9O3.C4H4N2O2/c1-27(2)34-35(31-21-28-11-12-29(20-28)22-31)40-36-33(30-13-14-32(38-23-30)10-9-15-43)24-39-42(36)37(34)41(25-44-16-18-46(3,4)5)26-45-17-19-47(6,7)8;1-14(37)21-22(16-9-18-6-7-19(10-16)34(18)26(38)24-29-13-30-33-24)32-25-20(12-31-35(25)23(21)27)15-4-5-17(28-11-15)3-2-8-36;7-4(8)3-1-2-5-6-3/h13-14,23-24,28-29,31,43H,1,11-12,15-22,25-26H2,2-8H3;4-5,11-13,16,18-19,36H,6-10,27H2,1H3,(H,29,30,33);2H,1H2,(H,7,8)/t28-,29+,31?;16?,18-,19+;. The summed E-state index contributed by atoms with van der Waals surface area (Å²) in [7, 11) is -2.51. The molecule has 12 rings (SSSR count). The molecule has 6 atom stereocenters. The van der Waals surface area contributed by atoms with E-state index in [9.17, 15) is 14.4 Å². The fraction of sp³-hybridized carbons (Fsp3) is 0.478. The van der Waals surface area contributed by atoms with Gasteiger partial charge in [-0.15, -0.1) is 5.10 Å². The molecule has 10 heterocycles. The normalized spacial score (nSPS) is 19.6. The number of ether oxygens (including phenoxy) is 2. The number of carboxylic acids is 1. The van der Waals surface area contributed by atoms with Crippen molar-refractivity contribution in [2.24, 2.45) is 22.0 Å². The number of rotatable bonds is 19. The van der Waals surface area contributed by atoms with E-state index in [1.54, 1.807) is 18.5 Å². The summed E-state index contributed by atoms with van der Waals surface area (Å²) < 4.78 is 16.3. The summed E-state index contributed by atoms with van der Waals surface area (Å²) >= 11 is 0. The summed E-state index contributed by atoms with van der Waals surface area (Å²) in [6.45, 7) is 24.2. The SMILES string of the molecule is C=C(C)c1c(C2C[C@H]3CC[C@@H](C2)C3)nc2c(-c3ccc(C#CCO)nc3)cnn2c1N(COCC[Si](C)(C)C)COCC[Si](C)(C)C.CC(=O)c1c(C2C[C@H]3CC[C@@H](C2)N3C(=O)c2ncn[nH]2)nc2c(-c3ccc(C#CCO)nc3)cnn2c1N.O=C(O)C1=NN=CC1. The number of aliphatic hydroxyl groups excluding tert-OH is 2. The number of ketones is 1. The summed E-state index contributed by atoms with van der Waals surface area (Å²) in [4.78, 5) is 63.4. The number of piperidine rings is 1. The zero-order valence-electron chi connectivity index (χ0n) is 54.4. The molecule has 93 heavy (non-hydrogen) atoms. The van der Waals surface area contributed by atoms with E-state index in [0.717, 1.165) is 101 Å². The Kier molecular flexibility index (Phi) is 21.4. The van der Waals surface area contributed by atoms with Crippen molar-refractivity contribution in [1.29, 1.82) is 0 Å². The van der Waals surface area contributed by atoms with Crippen molar-refractivity contribution in [2.45, 2.75) is 153 Å². The van der Waals surface area contributed by atoms with Gasteiger partial charge in [0.25, 0.3) is 5.91 Å². The smallest absolute Gasteiger partial charge is 0.352 e. The number of amides is 1. The maximum absolute atomic E-state index is 13.1. The van der Waals surface area contributed by atoms with Gasteiger partial charge in [0.15, 0.2) is 22.8 Å². The maximum Gasteiger partial charge on any atom is 0.352 e. The lowest BCUT2D eigenvalue weighted by molar-refractivity contribution is -0.129. The number of aliphatic carboxylic acids is 1. The van der Waals surface area contributed by atoms with Crippen molar-refractivity contribution in [1.82, 2.24) is 59.2 Å². The van der Waals surface area contributed by atoms with Crippen LogP contribution < -0.4 is 10.6 Å². The fourth-order valence-electron chi connectivity index (χ4n) is 13.2. The number of aromatic amines is 1. The van der Waals surface area contributed by atoms with Gasteiger partial charge < -0.3 is 40.3 Å². The molecule has 4 bridgehead atoms. The zero-order valence-corrected chi connectivity index (χ0v) is 56.4. The van der Waals surface area contributed by atoms with Gasteiger partial charge in [0.05, 0.1) is 29.3 Å². The molecular weight excluding hydrogens is 1210 g/mol. The zero-order chi connectivity index (χ0) is 66.1. The van der Waals surface area contributed by atoms with Crippen molar-refractivity contribution < 1.29 is 39.2 Å². The molecule has 0 spiro atoms. The maximum atomic E-state index is 13.1. The number of allylic oxidation sites excluding steroid dienone is 1. The number of pyridine rings is 2. The Bertz CT molecular complexity index is 4010. The van der Waals surface area contributed by atoms with Gasteiger partial charge in [-0.3, -0.25) is 14.7 Å². The van der Waals surface area contributed by atoms with Gasteiger partial charge >= 0.3 is 5.97 Å². The van der Waals surface area contributed by atoms with Crippen LogP contribution in [0.25, 0.3) is 39.1 Å². The lowest BCUT2D eigenvalue weighted by atomic mass is 9.77. The lowest BCUT2D eigenvalue weighted by Crippen LogP contribution is -2.46. The third-order valence-electron chi connectivity index (χ3n) is 17.7. The molecule has 26 heteroatoms. The van der Waals surface area contributed by atoms with Crippen LogP contribution in [-0.2, 0) is 14.3 Å². The van der Waals surface area contributed by atoms with E-state index >= 15 is 0 Å². The Hall–Kier alpha value is -8.64. The third kappa shape index (κ3) is 16.1. The Labute approximate surface area is 543 Å². The van der Waals surface area contributed by atoms with Gasteiger partial charge in [-0.1, -0.05) is 70.5 Å². The van der Waals surface area contributed by atoms with Crippen LogP contribution in [0, 0.1) is 35.5 Å². The van der Waals surface area contributed by atoms with Gasteiger partial charge in [-0.05, 0) is 124 Å². The van der Waals surface area contributed by atoms with Crippen LogP contribution in [0.15, 0.2) is 72.2 Å². The van der Waals surface area contributed by atoms with Crippen LogP contribution in [0.2, 0.25) is 51.4 Å². The molecule has 1 amide bonds. The molecule has 0 aromatic carbocycles. The molecule has 0 radical (unpaired) electrons. The van der Waals surface area contributed by atoms with Gasteiger partial charge in [0.1, 0.15) is 56.0 Å². The number of nitrogens with one attached hydrogen (secondary N) is 1. The summed E-state index contributed by atoms with van der Waals surface area (Å²) in [6.07, 6.45) is 19.6. The summed E-state index contributed by atoms with van der Waals surface area (Å²) in [5, 5.41) is 48.8. The molecule has 24 nitrogen and oxygen atoms in total. The highest BCUT2D eigenvalue weighted by molar-refractivity contribution is 6.76. The second-order valence-electron chi connectivity index (χ2n) is 27.1. The van der Waals surface area contributed by atoms with E-state index in [4.69, 9.17) is 45.6 Å². The lowest BCUT2D eigenvalue weighted by Gasteiger charge is -2.38. The van der Waals surface area contributed by atoms with E-state index < -0.39 is 22.1 Å². The van der Waals surface area contributed by atoms with Crippen LogP contribution in [0.4, 0.5) is 11.6 Å². The van der Waals surface area contributed by atoms with Gasteiger partial charge in [0.2, 0.25) is 5.82 Å². The van der Waals surface area contributed by atoms with Crippen LogP contribution in [0.5, 0.6) is 0 Å². The number of carbonyl (C=O) groups excluding carboxylic acids is 2. The van der Waals surface area contributed by atoms with E-state index in [0.29, 0.717) is 66.9 Å². The number of aliphatic hydroxyl groups is 2. The molecule has 7 aromatic heterocycles. The van der Waals surface area contributed by atoms with E-state index in [-0.39, 0.29) is 60.3 Å². The Morgan fingerprint density at radius 1 is 0.720 bits per heavy atom. The molecule has 3 aliphatic heterocycles. The van der Waals surface area contributed by atoms with Gasteiger partial charge in [-0.25, -0.2) is 29.7 Å². The molecule has 2 aliphatic carbocycles. The number of nitrogens with zero attached hydrogens (tertiary/aromatic N) is 14. The number of Topliss-reactive ketones (excluding diaryl/α,β-unsaturated/α-hetero) is 1. The van der Waals surface area contributed by atoms with Gasteiger partial charge in [0, 0.05) is 106 Å². The number of anilines is 2. The highest BCUT2D eigenvalue weighted by atomic mass is 28.3. The second kappa shape index (κ2) is 29.5. The monoisotopic (exact) mass is 1300 g/mol. The predicted octanol–water partition coefficient (Wildman–Crippen LogP) is 9.38.